The second-order valence-corrected chi connectivity index (χ2v) is 3.00. The Balaban J connectivity index is 2.94. The van der Waals surface area contributed by atoms with Gasteiger partial charge in [0.25, 0.3) is 0 Å². The van der Waals surface area contributed by atoms with E-state index in [0.717, 1.165) is 9.37 Å². The Morgan fingerprint density at radius 3 is 2.78 bits per heavy atom. The van der Waals surface area contributed by atoms with Gasteiger partial charge in [-0.05, 0) is 22.0 Å². The molecule has 0 saturated carbocycles. The summed E-state index contributed by atoms with van der Waals surface area (Å²) < 4.78 is 9.39. The lowest BCUT2D eigenvalue weighted by molar-refractivity contribution is 0.663. The summed E-state index contributed by atoms with van der Waals surface area (Å²) in [6, 6.07) is 1.79. The average molecular weight is 206 g/mol. The molecule has 0 aliphatic carbocycles. The number of halogens is 1. The second kappa shape index (κ2) is 3.20. The number of aromatic nitrogens is 1. The summed E-state index contributed by atoms with van der Waals surface area (Å²) in [6.45, 7) is 0. The van der Waals surface area contributed by atoms with Gasteiger partial charge in [0.15, 0.2) is 0 Å². The van der Waals surface area contributed by atoms with Gasteiger partial charge in [-0.3, -0.25) is 4.98 Å². The van der Waals surface area contributed by atoms with E-state index in [9.17, 15) is 0 Å². The predicted molar refractivity (Wildman–Crippen MR) is 40.4 cm³/mol. The smallest absolute Gasteiger partial charge is 0.0545 e. The molecule has 0 spiro atoms. The van der Waals surface area contributed by atoms with Crippen LogP contribution in [0, 0.1) is 0 Å². The highest BCUT2D eigenvalue weighted by molar-refractivity contribution is 9.10. The molecular formula is C5H4BrNOS. The Morgan fingerprint density at radius 1 is 1.56 bits per heavy atom. The lowest BCUT2D eigenvalue weighted by Gasteiger charge is -1.91. The Kier molecular flexibility index (Phi) is 2.50. The molecule has 2 nitrogen and oxygen atoms in total. The number of rotatable bonds is 1. The number of nitrogens with zero attached hydrogens (tertiary/aromatic N) is 1. The fourth-order valence-corrected chi connectivity index (χ4v) is 1.25. The molecule has 0 aliphatic rings. The molecule has 0 unspecified atom stereocenters. The SMILES string of the molecule is OSc1cncc(Br)c1. The van der Waals surface area contributed by atoms with E-state index in [-0.39, 0.29) is 0 Å². The van der Waals surface area contributed by atoms with Crippen LogP contribution in [0.2, 0.25) is 0 Å². The van der Waals surface area contributed by atoms with Gasteiger partial charge in [-0.15, -0.1) is 0 Å². The van der Waals surface area contributed by atoms with Crippen molar-refractivity contribution in [3.05, 3.63) is 22.9 Å². The highest BCUT2D eigenvalue weighted by Crippen LogP contribution is 2.16. The molecule has 0 aliphatic heterocycles. The normalized spacial score (nSPS) is 9.56. The largest absolute Gasteiger partial charge is 0.325 e. The molecule has 0 amide bonds. The Morgan fingerprint density at radius 2 is 2.33 bits per heavy atom. The minimum atomic E-state index is 0.690. The summed E-state index contributed by atoms with van der Waals surface area (Å²) in [7, 11) is 0. The second-order valence-electron chi connectivity index (χ2n) is 1.43. The molecule has 0 atom stereocenters. The summed E-state index contributed by atoms with van der Waals surface area (Å²) in [5, 5.41) is 0. The van der Waals surface area contributed by atoms with Gasteiger partial charge < -0.3 is 4.55 Å². The first-order chi connectivity index (χ1) is 4.33. The van der Waals surface area contributed by atoms with Crippen LogP contribution in [-0.4, -0.2) is 9.54 Å². The minimum Gasteiger partial charge on any atom is -0.325 e. The predicted octanol–water partition coefficient (Wildman–Crippen LogP) is 2.41. The first-order valence-electron chi connectivity index (χ1n) is 2.25. The van der Waals surface area contributed by atoms with Crippen molar-refractivity contribution in [2.24, 2.45) is 0 Å². The van der Waals surface area contributed by atoms with Crippen molar-refractivity contribution in [1.82, 2.24) is 4.98 Å². The topological polar surface area (TPSA) is 33.1 Å². The lowest BCUT2D eigenvalue weighted by atomic mass is 10.5. The number of hydrogen-bond acceptors (Lipinski definition) is 3. The summed E-state index contributed by atoms with van der Waals surface area (Å²) >= 11 is 3.91. The van der Waals surface area contributed by atoms with Gasteiger partial charge >= 0.3 is 0 Å². The zero-order valence-electron chi connectivity index (χ0n) is 4.41. The van der Waals surface area contributed by atoms with Crippen molar-refractivity contribution in [2.45, 2.75) is 4.90 Å². The van der Waals surface area contributed by atoms with Crippen LogP contribution in [0.25, 0.3) is 0 Å². The third kappa shape index (κ3) is 1.97. The third-order valence-corrected chi connectivity index (χ3v) is 1.65. The van der Waals surface area contributed by atoms with E-state index in [1.807, 2.05) is 0 Å². The van der Waals surface area contributed by atoms with Gasteiger partial charge in [0.1, 0.15) is 0 Å². The van der Waals surface area contributed by atoms with Crippen molar-refractivity contribution < 1.29 is 4.55 Å². The quantitative estimate of drug-likeness (QED) is 0.716. The zero-order valence-corrected chi connectivity index (χ0v) is 6.82. The van der Waals surface area contributed by atoms with E-state index >= 15 is 0 Å². The monoisotopic (exact) mass is 205 g/mol. The molecule has 1 rings (SSSR count). The molecule has 1 aromatic rings. The molecule has 0 radical (unpaired) electrons. The average Bonchev–Trinajstić information content (AvgIpc) is 1.88. The van der Waals surface area contributed by atoms with E-state index < -0.39 is 0 Å². The van der Waals surface area contributed by atoms with Crippen molar-refractivity contribution in [2.75, 3.05) is 0 Å². The van der Waals surface area contributed by atoms with Crippen molar-refractivity contribution in [3.8, 4) is 0 Å². The number of hydrogen-bond donors (Lipinski definition) is 1. The van der Waals surface area contributed by atoms with E-state index in [4.69, 9.17) is 4.55 Å². The molecule has 9 heavy (non-hydrogen) atoms. The lowest BCUT2D eigenvalue weighted by Crippen LogP contribution is -1.73. The van der Waals surface area contributed by atoms with Crippen molar-refractivity contribution in [1.29, 1.82) is 0 Å². The molecule has 1 heterocycles. The maximum atomic E-state index is 8.52. The maximum absolute atomic E-state index is 8.52. The Bertz CT molecular complexity index is 206. The molecule has 0 aromatic carbocycles. The van der Waals surface area contributed by atoms with Gasteiger partial charge in [-0.25, -0.2) is 0 Å². The Hall–Kier alpha value is -0.0600. The fourth-order valence-electron chi connectivity index (χ4n) is 0.442. The van der Waals surface area contributed by atoms with E-state index in [2.05, 4.69) is 20.9 Å². The molecule has 1 aromatic heterocycles. The third-order valence-electron chi connectivity index (χ3n) is 0.785. The minimum absolute atomic E-state index is 0.690. The van der Waals surface area contributed by atoms with E-state index in [1.54, 1.807) is 18.5 Å². The van der Waals surface area contributed by atoms with Crippen molar-refractivity contribution >= 4 is 28.0 Å². The first-order valence-corrected chi connectivity index (χ1v) is 3.81. The summed E-state index contributed by atoms with van der Waals surface area (Å²) in [4.78, 5) is 4.57. The van der Waals surface area contributed by atoms with Crippen molar-refractivity contribution in [3.63, 3.8) is 0 Å². The van der Waals surface area contributed by atoms with Gasteiger partial charge in [-0.2, -0.15) is 0 Å². The van der Waals surface area contributed by atoms with E-state index in [0.29, 0.717) is 12.0 Å². The molecule has 0 saturated heterocycles. The maximum Gasteiger partial charge on any atom is 0.0545 e. The first kappa shape index (κ1) is 7.05. The molecule has 48 valence electrons. The molecule has 4 heteroatoms. The van der Waals surface area contributed by atoms with Crippen LogP contribution in [0.15, 0.2) is 27.8 Å². The standard InChI is InChI=1S/C5H4BrNOS/c6-4-1-5(9-8)3-7-2-4/h1-3,8H. The Labute approximate surface area is 65.6 Å². The highest BCUT2D eigenvalue weighted by Gasteiger charge is 1.90. The van der Waals surface area contributed by atoms with Crippen LogP contribution in [0.3, 0.4) is 0 Å². The summed E-state index contributed by atoms with van der Waals surface area (Å²) in [5.74, 6) is 0. The molecule has 0 fully saturated rings. The van der Waals surface area contributed by atoms with Crippen LogP contribution in [0.4, 0.5) is 0 Å². The van der Waals surface area contributed by atoms with E-state index in [1.165, 1.54) is 0 Å². The van der Waals surface area contributed by atoms with Crippen LogP contribution >= 0.6 is 28.0 Å². The molecule has 1 N–H and O–H groups in total. The van der Waals surface area contributed by atoms with Gasteiger partial charge in [0, 0.05) is 28.9 Å². The summed E-state index contributed by atoms with van der Waals surface area (Å²) in [6.07, 6.45) is 3.26. The van der Waals surface area contributed by atoms with Crippen LogP contribution in [0.1, 0.15) is 0 Å². The van der Waals surface area contributed by atoms with Crippen LogP contribution in [-0.2, 0) is 0 Å². The number of pyridine rings is 1. The fraction of sp³-hybridized carbons (Fsp3) is 0. The highest BCUT2D eigenvalue weighted by atomic mass is 79.9. The zero-order chi connectivity index (χ0) is 6.69. The van der Waals surface area contributed by atoms with Crippen LogP contribution in [0.5, 0.6) is 0 Å². The molecular weight excluding hydrogens is 202 g/mol. The van der Waals surface area contributed by atoms with Crippen LogP contribution < -0.4 is 0 Å². The molecule has 0 bridgehead atoms. The van der Waals surface area contributed by atoms with Gasteiger partial charge in [0.05, 0.1) is 4.90 Å². The van der Waals surface area contributed by atoms with Gasteiger partial charge in [0.2, 0.25) is 0 Å². The van der Waals surface area contributed by atoms with Gasteiger partial charge in [-0.1, -0.05) is 0 Å². The summed E-state index contributed by atoms with van der Waals surface area (Å²) in [5.41, 5.74) is 0.